The second-order valence-electron chi connectivity index (χ2n) is 5.18. The highest BCUT2D eigenvalue weighted by Crippen LogP contribution is 2.28. The molecule has 0 bridgehead atoms. The number of nitrogens with one attached hydrogen (secondary N) is 1. The predicted octanol–water partition coefficient (Wildman–Crippen LogP) is 3.46. The molecule has 0 aliphatic heterocycles. The van der Waals surface area contributed by atoms with E-state index in [-0.39, 0.29) is 12.1 Å². The van der Waals surface area contributed by atoms with E-state index in [2.05, 4.69) is 39.1 Å². The molecule has 0 aliphatic rings. The summed E-state index contributed by atoms with van der Waals surface area (Å²) in [6.45, 7) is 6.40. The lowest BCUT2D eigenvalue weighted by molar-refractivity contribution is 0.139. The third kappa shape index (κ3) is 6.10. The van der Waals surface area contributed by atoms with Crippen molar-refractivity contribution in [3.05, 3.63) is 33.3 Å². The van der Waals surface area contributed by atoms with Crippen molar-refractivity contribution >= 4 is 27.5 Å². The van der Waals surface area contributed by atoms with E-state index in [9.17, 15) is 5.11 Å². The van der Waals surface area contributed by atoms with Gasteiger partial charge in [0.15, 0.2) is 0 Å². The molecule has 0 saturated carbocycles. The second kappa shape index (κ2) is 9.00. The maximum absolute atomic E-state index is 9.40. The number of aliphatic hydroxyl groups excluding tert-OH is 1. The van der Waals surface area contributed by atoms with Gasteiger partial charge in [0.2, 0.25) is 0 Å². The van der Waals surface area contributed by atoms with Gasteiger partial charge in [-0.15, -0.1) is 0 Å². The van der Waals surface area contributed by atoms with Crippen LogP contribution in [-0.2, 0) is 0 Å². The Labute approximate surface area is 135 Å². The maximum Gasteiger partial charge on any atom is 0.0638 e. The molecule has 1 rings (SSSR count). The normalized spacial score (nSPS) is 14.6. The molecule has 0 spiro atoms. The molecule has 2 N–H and O–H groups in total. The molecular formula is C15H24BrClN2O. The summed E-state index contributed by atoms with van der Waals surface area (Å²) in [6.07, 6.45) is 0.659. The van der Waals surface area contributed by atoms with Gasteiger partial charge in [0.1, 0.15) is 0 Å². The van der Waals surface area contributed by atoms with Crippen LogP contribution in [-0.4, -0.2) is 42.8 Å². The lowest BCUT2D eigenvalue weighted by Crippen LogP contribution is -2.31. The van der Waals surface area contributed by atoms with E-state index in [0.717, 1.165) is 34.6 Å². The monoisotopic (exact) mass is 362 g/mol. The van der Waals surface area contributed by atoms with Crippen molar-refractivity contribution in [2.75, 3.05) is 26.7 Å². The Bertz CT molecular complexity index is 415. The minimum Gasteiger partial charge on any atom is -0.392 e. The molecule has 114 valence electrons. The minimum atomic E-state index is -0.297. The molecule has 0 aromatic heterocycles. The van der Waals surface area contributed by atoms with Crippen LogP contribution in [0.5, 0.6) is 0 Å². The fourth-order valence-electron chi connectivity index (χ4n) is 2.29. The van der Waals surface area contributed by atoms with E-state index in [1.165, 1.54) is 0 Å². The first kappa shape index (κ1) is 17.9. The number of hydrogen-bond donors (Lipinski definition) is 2. The molecule has 1 aromatic carbocycles. The van der Waals surface area contributed by atoms with E-state index in [0.29, 0.717) is 6.54 Å². The van der Waals surface area contributed by atoms with Gasteiger partial charge in [0, 0.05) is 22.1 Å². The molecule has 0 radical (unpaired) electrons. The summed E-state index contributed by atoms with van der Waals surface area (Å²) >= 11 is 9.77. The summed E-state index contributed by atoms with van der Waals surface area (Å²) in [5.74, 6) is 0. The second-order valence-corrected chi connectivity index (χ2v) is 6.50. The van der Waals surface area contributed by atoms with E-state index >= 15 is 0 Å². The van der Waals surface area contributed by atoms with E-state index in [1.54, 1.807) is 0 Å². The summed E-state index contributed by atoms with van der Waals surface area (Å²) in [6, 6.07) is 6.25. The lowest BCUT2D eigenvalue weighted by Gasteiger charge is -2.24. The fourth-order valence-corrected chi connectivity index (χ4v) is 3.09. The first-order valence-electron chi connectivity index (χ1n) is 6.99. The Morgan fingerprint density at radius 2 is 2.15 bits per heavy atom. The molecule has 1 aromatic rings. The Hall–Kier alpha value is -0.130. The number of nitrogens with zero attached hydrogens (tertiary/aromatic N) is 1. The predicted molar refractivity (Wildman–Crippen MR) is 89.4 cm³/mol. The molecule has 0 heterocycles. The van der Waals surface area contributed by atoms with Gasteiger partial charge in [-0.2, -0.15) is 0 Å². The average Bonchev–Trinajstić information content (AvgIpc) is 2.34. The molecule has 2 unspecified atom stereocenters. The molecule has 0 saturated heterocycles. The first-order valence-corrected chi connectivity index (χ1v) is 8.16. The highest BCUT2D eigenvalue weighted by molar-refractivity contribution is 9.10. The third-order valence-electron chi connectivity index (χ3n) is 3.16. The average molecular weight is 364 g/mol. The van der Waals surface area contributed by atoms with Crippen molar-refractivity contribution in [2.45, 2.75) is 32.4 Å². The van der Waals surface area contributed by atoms with Crippen molar-refractivity contribution in [1.29, 1.82) is 0 Å². The SMILES string of the molecule is CCNC(CCN(C)CC(C)O)c1ccc(Br)cc1Cl. The van der Waals surface area contributed by atoms with Crippen molar-refractivity contribution in [3.63, 3.8) is 0 Å². The number of likely N-dealkylation sites (N-methyl/N-ethyl adjacent to an activating group) is 1. The zero-order valence-corrected chi connectivity index (χ0v) is 14.7. The number of halogens is 2. The van der Waals surface area contributed by atoms with Gasteiger partial charge >= 0.3 is 0 Å². The van der Waals surface area contributed by atoms with Crippen molar-refractivity contribution in [3.8, 4) is 0 Å². The first-order chi connectivity index (χ1) is 9.43. The van der Waals surface area contributed by atoms with Crippen LogP contribution in [0.3, 0.4) is 0 Å². The standard InChI is InChI=1S/C15H24BrClN2O/c1-4-18-15(7-8-19(3)10-11(2)20)13-6-5-12(16)9-14(13)17/h5-6,9,11,15,18,20H,4,7-8,10H2,1-3H3. The number of benzene rings is 1. The quantitative estimate of drug-likeness (QED) is 0.742. The van der Waals surface area contributed by atoms with Gasteiger partial charge in [-0.25, -0.2) is 0 Å². The Morgan fingerprint density at radius 1 is 1.45 bits per heavy atom. The van der Waals surface area contributed by atoms with Gasteiger partial charge in [-0.1, -0.05) is 40.5 Å². The molecule has 0 amide bonds. The summed E-state index contributed by atoms with van der Waals surface area (Å²) < 4.78 is 0.993. The minimum absolute atomic E-state index is 0.233. The molecule has 0 fully saturated rings. The maximum atomic E-state index is 9.40. The molecule has 2 atom stereocenters. The van der Waals surface area contributed by atoms with Crippen LogP contribution in [0.2, 0.25) is 5.02 Å². The van der Waals surface area contributed by atoms with Crippen LogP contribution < -0.4 is 5.32 Å². The summed E-state index contributed by atoms with van der Waals surface area (Å²) in [4.78, 5) is 2.14. The lowest BCUT2D eigenvalue weighted by atomic mass is 10.0. The van der Waals surface area contributed by atoms with Crippen LogP contribution in [0.1, 0.15) is 31.9 Å². The van der Waals surface area contributed by atoms with Gasteiger partial charge in [0.25, 0.3) is 0 Å². The smallest absolute Gasteiger partial charge is 0.0638 e. The zero-order chi connectivity index (χ0) is 15.1. The van der Waals surface area contributed by atoms with Gasteiger partial charge in [-0.3, -0.25) is 0 Å². The largest absolute Gasteiger partial charge is 0.392 e. The van der Waals surface area contributed by atoms with Crippen molar-refractivity contribution in [1.82, 2.24) is 10.2 Å². The van der Waals surface area contributed by atoms with Gasteiger partial charge in [-0.05, 0) is 51.2 Å². The van der Waals surface area contributed by atoms with Crippen LogP contribution in [0, 0.1) is 0 Å². The van der Waals surface area contributed by atoms with Crippen molar-refractivity contribution in [2.24, 2.45) is 0 Å². The third-order valence-corrected chi connectivity index (χ3v) is 3.98. The Kier molecular flexibility index (Phi) is 8.07. The van der Waals surface area contributed by atoms with Crippen LogP contribution in [0.15, 0.2) is 22.7 Å². The fraction of sp³-hybridized carbons (Fsp3) is 0.600. The highest BCUT2D eigenvalue weighted by atomic mass is 79.9. The number of aliphatic hydroxyl groups is 1. The summed E-state index contributed by atoms with van der Waals surface area (Å²) in [7, 11) is 2.03. The molecule has 3 nitrogen and oxygen atoms in total. The highest BCUT2D eigenvalue weighted by Gasteiger charge is 2.15. The summed E-state index contributed by atoms with van der Waals surface area (Å²) in [5.41, 5.74) is 1.13. The molecule has 20 heavy (non-hydrogen) atoms. The Balaban J connectivity index is 2.68. The van der Waals surface area contributed by atoms with Gasteiger partial charge in [0.05, 0.1) is 6.10 Å². The van der Waals surface area contributed by atoms with Gasteiger partial charge < -0.3 is 15.3 Å². The van der Waals surface area contributed by atoms with Crippen molar-refractivity contribution < 1.29 is 5.11 Å². The summed E-state index contributed by atoms with van der Waals surface area (Å²) in [5, 5.41) is 13.7. The van der Waals surface area contributed by atoms with Crippen LogP contribution >= 0.6 is 27.5 Å². The molecular weight excluding hydrogens is 340 g/mol. The molecule has 0 aliphatic carbocycles. The Morgan fingerprint density at radius 3 is 2.70 bits per heavy atom. The van der Waals surface area contributed by atoms with E-state index in [4.69, 9.17) is 11.6 Å². The van der Waals surface area contributed by atoms with E-state index in [1.807, 2.05) is 26.1 Å². The van der Waals surface area contributed by atoms with Crippen LogP contribution in [0.4, 0.5) is 0 Å². The van der Waals surface area contributed by atoms with Crippen LogP contribution in [0.25, 0.3) is 0 Å². The van der Waals surface area contributed by atoms with E-state index < -0.39 is 0 Å². The number of rotatable bonds is 8. The topological polar surface area (TPSA) is 35.5 Å². The zero-order valence-electron chi connectivity index (χ0n) is 12.4. The number of hydrogen-bond acceptors (Lipinski definition) is 3. The molecule has 5 heteroatoms.